The molecule has 20 heavy (non-hydrogen) atoms. The van der Waals surface area contributed by atoms with E-state index in [0.717, 1.165) is 22.2 Å². The van der Waals surface area contributed by atoms with E-state index in [1.165, 1.54) is 7.11 Å². The van der Waals surface area contributed by atoms with Crippen LogP contribution in [-0.4, -0.2) is 13.7 Å². The first-order valence-electron chi connectivity index (χ1n) is 6.30. The van der Waals surface area contributed by atoms with E-state index in [9.17, 15) is 9.59 Å². The van der Waals surface area contributed by atoms with E-state index in [1.54, 1.807) is 17.8 Å². The first-order valence-corrected chi connectivity index (χ1v) is 7.12. The van der Waals surface area contributed by atoms with Crippen molar-refractivity contribution in [2.45, 2.75) is 11.8 Å². The number of anilines is 1. The predicted molar refractivity (Wildman–Crippen MR) is 81.2 cm³/mol. The summed E-state index contributed by atoms with van der Waals surface area (Å²) in [4.78, 5) is 26.3. The van der Waals surface area contributed by atoms with Crippen molar-refractivity contribution in [2.75, 3.05) is 18.6 Å². The van der Waals surface area contributed by atoms with Crippen molar-refractivity contribution in [3.8, 4) is 5.75 Å². The summed E-state index contributed by atoms with van der Waals surface area (Å²) in [6.45, 7) is 2.85. The molecule has 4 nitrogen and oxygen atoms in total. The molecule has 0 unspecified atom stereocenters. The van der Waals surface area contributed by atoms with E-state index < -0.39 is 10.9 Å². The fourth-order valence-electron chi connectivity index (χ4n) is 2.33. The van der Waals surface area contributed by atoms with Gasteiger partial charge >= 0.3 is 0 Å². The number of methoxy groups -OCH3 is 1. The maximum absolute atomic E-state index is 11.6. The second kappa shape index (κ2) is 4.83. The Morgan fingerprint density at radius 1 is 1.25 bits per heavy atom. The number of fused-ring (bicyclic) bond motifs is 1. The molecule has 0 saturated carbocycles. The van der Waals surface area contributed by atoms with Crippen LogP contribution in [-0.2, 0) is 0 Å². The van der Waals surface area contributed by atoms with Crippen LogP contribution in [0.4, 0.5) is 5.69 Å². The third-order valence-electron chi connectivity index (χ3n) is 3.33. The van der Waals surface area contributed by atoms with E-state index >= 15 is 0 Å². The zero-order chi connectivity index (χ0) is 14.3. The SMILES string of the molecule is CCN1/C(=C/c2c(OC)c(=O)c2=O)Sc2ccccc21. The summed E-state index contributed by atoms with van der Waals surface area (Å²) in [6.07, 6.45) is 1.75. The third-order valence-corrected chi connectivity index (χ3v) is 4.44. The summed E-state index contributed by atoms with van der Waals surface area (Å²) in [5, 5.41) is 0.944. The van der Waals surface area contributed by atoms with Crippen LogP contribution in [0, 0.1) is 0 Å². The minimum atomic E-state index is -0.539. The van der Waals surface area contributed by atoms with Gasteiger partial charge in [0.2, 0.25) is 5.43 Å². The zero-order valence-electron chi connectivity index (χ0n) is 11.2. The summed E-state index contributed by atoms with van der Waals surface area (Å²) >= 11 is 1.60. The normalized spacial score (nSPS) is 15.9. The van der Waals surface area contributed by atoms with Crippen LogP contribution in [0.25, 0.3) is 6.08 Å². The average Bonchev–Trinajstić information content (AvgIpc) is 2.83. The summed E-state index contributed by atoms with van der Waals surface area (Å²) in [5.74, 6) is 0.162. The maximum Gasteiger partial charge on any atom is 0.268 e. The highest BCUT2D eigenvalue weighted by Crippen LogP contribution is 2.46. The molecule has 1 aliphatic heterocycles. The van der Waals surface area contributed by atoms with Crippen LogP contribution in [0.5, 0.6) is 5.75 Å². The second-order valence-electron chi connectivity index (χ2n) is 4.40. The summed E-state index contributed by atoms with van der Waals surface area (Å²) in [7, 11) is 1.41. The molecule has 2 aromatic carbocycles. The van der Waals surface area contributed by atoms with Gasteiger partial charge in [-0.15, -0.1) is 0 Å². The van der Waals surface area contributed by atoms with Crippen molar-refractivity contribution < 1.29 is 4.74 Å². The molecule has 0 fully saturated rings. The minimum absolute atomic E-state index is 0.162. The fourth-order valence-corrected chi connectivity index (χ4v) is 3.50. The highest BCUT2D eigenvalue weighted by molar-refractivity contribution is 8.03. The molecule has 0 atom stereocenters. The van der Waals surface area contributed by atoms with Crippen molar-refractivity contribution in [1.29, 1.82) is 0 Å². The van der Waals surface area contributed by atoms with Gasteiger partial charge in [0.15, 0.2) is 5.75 Å². The number of hydrogen-bond acceptors (Lipinski definition) is 5. The van der Waals surface area contributed by atoms with Gasteiger partial charge in [0.05, 0.1) is 23.4 Å². The second-order valence-corrected chi connectivity index (χ2v) is 5.46. The molecule has 5 heteroatoms. The highest BCUT2D eigenvalue weighted by Gasteiger charge is 2.26. The smallest absolute Gasteiger partial charge is 0.268 e. The zero-order valence-corrected chi connectivity index (χ0v) is 12.0. The molecule has 102 valence electrons. The molecule has 0 aliphatic carbocycles. The lowest BCUT2D eigenvalue weighted by molar-refractivity contribution is 0.404. The Bertz CT molecular complexity index is 772. The van der Waals surface area contributed by atoms with Gasteiger partial charge in [-0.3, -0.25) is 9.59 Å². The molecule has 0 spiro atoms. The lowest BCUT2D eigenvalue weighted by Gasteiger charge is -2.18. The molecule has 2 aromatic rings. The Kier molecular flexibility index (Phi) is 3.14. The molecule has 0 radical (unpaired) electrons. The molecule has 1 aliphatic rings. The van der Waals surface area contributed by atoms with Crippen LogP contribution in [0.1, 0.15) is 12.5 Å². The Morgan fingerprint density at radius 2 is 2.00 bits per heavy atom. The van der Waals surface area contributed by atoms with Gasteiger partial charge in [0, 0.05) is 11.4 Å². The molecule has 1 heterocycles. The topological polar surface area (TPSA) is 46.6 Å². The van der Waals surface area contributed by atoms with E-state index in [2.05, 4.69) is 11.8 Å². The minimum Gasteiger partial charge on any atom is -0.492 e. The number of rotatable bonds is 3. The lowest BCUT2D eigenvalue weighted by atomic mass is 10.1. The van der Waals surface area contributed by atoms with Crippen molar-refractivity contribution in [3.05, 3.63) is 55.3 Å². The molecule has 0 saturated heterocycles. The van der Waals surface area contributed by atoms with Gasteiger partial charge in [-0.1, -0.05) is 23.9 Å². The van der Waals surface area contributed by atoms with Gasteiger partial charge in [0.25, 0.3) is 5.43 Å². The molecule has 0 amide bonds. The van der Waals surface area contributed by atoms with Crippen LogP contribution in [0.3, 0.4) is 0 Å². The maximum atomic E-state index is 11.6. The largest absolute Gasteiger partial charge is 0.492 e. The van der Waals surface area contributed by atoms with Gasteiger partial charge < -0.3 is 9.64 Å². The molecular formula is C15H13NO3S. The first-order chi connectivity index (χ1) is 9.67. The molecular weight excluding hydrogens is 274 g/mol. The summed E-state index contributed by atoms with van der Waals surface area (Å²) in [6, 6.07) is 8.07. The number of thioether (sulfide) groups is 1. The van der Waals surface area contributed by atoms with Crippen molar-refractivity contribution in [3.63, 3.8) is 0 Å². The average molecular weight is 287 g/mol. The van der Waals surface area contributed by atoms with E-state index in [0.29, 0.717) is 5.56 Å². The third kappa shape index (κ3) is 1.78. The molecule has 0 aromatic heterocycles. The highest BCUT2D eigenvalue weighted by atomic mass is 32.2. The quantitative estimate of drug-likeness (QED) is 0.810. The van der Waals surface area contributed by atoms with Crippen molar-refractivity contribution >= 4 is 23.5 Å². The molecule has 0 bridgehead atoms. The number of para-hydroxylation sites is 1. The molecule has 0 N–H and O–H groups in total. The van der Waals surface area contributed by atoms with Gasteiger partial charge in [-0.25, -0.2) is 0 Å². The van der Waals surface area contributed by atoms with E-state index in [-0.39, 0.29) is 5.75 Å². The van der Waals surface area contributed by atoms with Gasteiger partial charge in [-0.2, -0.15) is 0 Å². The van der Waals surface area contributed by atoms with Crippen molar-refractivity contribution in [2.24, 2.45) is 0 Å². The van der Waals surface area contributed by atoms with Crippen molar-refractivity contribution in [1.82, 2.24) is 0 Å². The Hall–Kier alpha value is -2.01. The Morgan fingerprint density at radius 3 is 2.70 bits per heavy atom. The van der Waals surface area contributed by atoms with E-state index in [4.69, 9.17) is 4.74 Å². The van der Waals surface area contributed by atoms with E-state index in [1.807, 2.05) is 24.3 Å². The van der Waals surface area contributed by atoms with Crippen LogP contribution in [0.15, 0.2) is 43.8 Å². The molecule has 3 rings (SSSR count). The number of nitrogens with zero attached hydrogens (tertiary/aromatic N) is 1. The van der Waals surface area contributed by atoms with Crippen LogP contribution < -0.4 is 20.5 Å². The Labute approximate surface area is 120 Å². The van der Waals surface area contributed by atoms with Gasteiger partial charge in [-0.05, 0) is 25.1 Å². The Balaban J connectivity index is 2.04. The number of hydrogen-bond donors (Lipinski definition) is 0. The van der Waals surface area contributed by atoms with Gasteiger partial charge in [0.1, 0.15) is 0 Å². The fraction of sp³-hybridized carbons (Fsp3) is 0.200. The summed E-state index contributed by atoms with van der Waals surface area (Å²) < 4.78 is 4.97. The standard InChI is InChI=1S/C15H13NO3S/c1-3-16-10-6-4-5-7-11(10)20-12(16)8-9-13(17)14(18)15(9)19-2/h4-8H,3H2,1-2H3/b12-8-. The summed E-state index contributed by atoms with van der Waals surface area (Å²) in [5.41, 5.74) is 0.486. The lowest BCUT2D eigenvalue weighted by Crippen LogP contribution is -2.35. The number of ether oxygens (including phenoxy) is 1. The first kappa shape index (κ1) is 13.0. The number of benzene rings is 1. The van der Waals surface area contributed by atoms with Crippen LogP contribution >= 0.6 is 11.8 Å². The van der Waals surface area contributed by atoms with Crippen LogP contribution in [0.2, 0.25) is 0 Å². The monoisotopic (exact) mass is 287 g/mol. The predicted octanol–water partition coefficient (Wildman–Crippen LogP) is 2.22.